The van der Waals surface area contributed by atoms with Crippen molar-refractivity contribution in [3.8, 4) is 0 Å². The summed E-state index contributed by atoms with van der Waals surface area (Å²) in [4.78, 5) is 32.8. The molecule has 4 rings (SSSR count). The van der Waals surface area contributed by atoms with Crippen molar-refractivity contribution in [3.63, 3.8) is 0 Å². The number of anilines is 2. The van der Waals surface area contributed by atoms with Gasteiger partial charge in [0.2, 0.25) is 5.91 Å². The Morgan fingerprint density at radius 1 is 1.00 bits per heavy atom. The van der Waals surface area contributed by atoms with Crippen molar-refractivity contribution in [2.75, 3.05) is 56.0 Å². The van der Waals surface area contributed by atoms with E-state index < -0.39 is 0 Å². The molecule has 164 valence electrons. The van der Waals surface area contributed by atoms with Gasteiger partial charge in [0.1, 0.15) is 0 Å². The second-order valence-electron chi connectivity index (χ2n) is 9.04. The fourth-order valence-electron chi connectivity index (χ4n) is 5.24. The Morgan fingerprint density at radius 3 is 2.37 bits per heavy atom. The van der Waals surface area contributed by atoms with Crippen molar-refractivity contribution in [1.82, 2.24) is 14.7 Å². The minimum Gasteiger partial charge on any atom is -0.370 e. The van der Waals surface area contributed by atoms with E-state index in [2.05, 4.69) is 41.1 Å². The Kier molecular flexibility index (Phi) is 6.18. The number of likely N-dealkylation sites (tertiary alicyclic amines) is 1. The Balaban J connectivity index is 1.33. The van der Waals surface area contributed by atoms with Gasteiger partial charge in [0, 0.05) is 69.7 Å². The maximum Gasteiger partial charge on any atom is 0.321 e. The lowest BCUT2D eigenvalue weighted by molar-refractivity contribution is -0.130. The molecule has 2 atom stereocenters. The zero-order chi connectivity index (χ0) is 21.3. The molecule has 3 saturated heterocycles. The summed E-state index contributed by atoms with van der Waals surface area (Å²) in [6, 6.07) is 7.52. The summed E-state index contributed by atoms with van der Waals surface area (Å²) in [6.07, 6.45) is 3.89. The fraction of sp³-hybridized carbons (Fsp3) is 0.652. The minimum absolute atomic E-state index is 0.0737. The van der Waals surface area contributed by atoms with Crippen LogP contribution in [0.3, 0.4) is 0 Å². The molecular formula is C23H35N5O2. The van der Waals surface area contributed by atoms with Gasteiger partial charge < -0.3 is 20.0 Å². The molecule has 0 radical (unpaired) electrons. The highest BCUT2D eigenvalue weighted by Gasteiger charge is 2.33. The maximum atomic E-state index is 12.6. The number of hydrogen-bond donors (Lipinski definition) is 1. The molecular weight excluding hydrogens is 378 g/mol. The van der Waals surface area contributed by atoms with Gasteiger partial charge in [-0.15, -0.1) is 0 Å². The zero-order valence-electron chi connectivity index (χ0n) is 18.6. The third kappa shape index (κ3) is 4.41. The summed E-state index contributed by atoms with van der Waals surface area (Å²) >= 11 is 0. The molecule has 0 spiro atoms. The lowest BCUT2D eigenvalue weighted by Gasteiger charge is -2.34. The van der Waals surface area contributed by atoms with Crippen molar-refractivity contribution in [1.29, 1.82) is 0 Å². The predicted octanol–water partition coefficient (Wildman–Crippen LogP) is 2.75. The first kappa shape index (κ1) is 21.0. The van der Waals surface area contributed by atoms with Crippen molar-refractivity contribution >= 4 is 23.3 Å². The van der Waals surface area contributed by atoms with Crippen LogP contribution in [0.1, 0.15) is 38.7 Å². The van der Waals surface area contributed by atoms with Crippen LogP contribution >= 0.6 is 0 Å². The number of carbonyl (C=O) groups excluding carboxylic acids is 2. The van der Waals surface area contributed by atoms with Crippen molar-refractivity contribution < 1.29 is 9.59 Å². The molecule has 0 bridgehead atoms. The van der Waals surface area contributed by atoms with Crippen molar-refractivity contribution in [3.05, 3.63) is 23.8 Å². The minimum atomic E-state index is -0.0883. The second-order valence-corrected chi connectivity index (χ2v) is 9.04. The molecule has 0 saturated carbocycles. The van der Waals surface area contributed by atoms with Crippen LogP contribution in [0.15, 0.2) is 18.2 Å². The quantitative estimate of drug-likeness (QED) is 0.828. The standard InChI is InChI=1S/C23H35N5O2/c1-17-15-20(24-23(30)26-13-11-25(12-14-26)19(3)29)6-7-22(17)27-10-8-21(16-27)28-9-4-5-18(28)2/h6-7,15,18,21H,4-5,8-14,16H2,1-3H3,(H,24,30). The number of urea groups is 1. The first-order valence-corrected chi connectivity index (χ1v) is 11.3. The number of hydrogen-bond acceptors (Lipinski definition) is 4. The van der Waals surface area contributed by atoms with Crippen LogP contribution in [0, 0.1) is 6.92 Å². The van der Waals surface area contributed by atoms with Gasteiger partial charge in [-0.2, -0.15) is 0 Å². The number of carbonyl (C=O) groups is 2. The molecule has 7 heteroatoms. The molecule has 3 aliphatic rings. The highest BCUT2D eigenvalue weighted by molar-refractivity contribution is 5.90. The van der Waals surface area contributed by atoms with Crippen LogP contribution in [0.25, 0.3) is 0 Å². The fourth-order valence-corrected chi connectivity index (χ4v) is 5.24. The maximum absolute atomic E-state index is 12.6. The Labute approximate surface area is 180 Å². The number of piperazine rings is 1. The number of nitrogens with one attached hydrogen (secondary N) is 1. The van der Waals surface area contributed by atoms with E-state index in [9.17, 15) is 9.59 Å². The first-order valence-electron chi connectivity index (χ1n) is 11.3. The number of amides is 3. The number of aryl methyl sites for hydroxylation is 1. The highest BCUT2D eigenvalue weighted by atomic mass is 16.2. The monoisotopic (exact) mass is 413 g/mol. The molecule has 1 N–H and O–H groups in total. The van der Waals surface area contributed by atoms with Crippen molar-refractivity contribution in [2.45, 2.75) is 52.1 Å². The predicted molar refractivity (Wildman–Crippen MR) is 120 cm³/mol. The normalized spacial score (nSPS) is 25.1. The lowest BCUT2D eigenvalue weighted by Crippen LogP contribution is -2.51. The SMILES string of the molecule is CC(=O)N1CCN(C(=O)Nc2ccc(N3CCC(N4CCCC4C)C3)c(C)c2)CC1. The van der Waals surface area contributed by atoms with Crippen LogP contribution in [0.5, 0.6) is 0 Å². The van der Waals surface area contributed by atoms with Gasteiger partial charge in [0.25, 0.3) is 0 Å². The summed E-state index contributed by atoms with van der Waals surface area (Å²) in [7, 11) is 0. The van der Waals surface area contributed by atoms with Gasteiger partial charge >= 0.3 is 6.03 Å². The molecule has 3 amide bonds. The van der Waals surface area contributed by atoms with E-state index in [1.165, 1.54) is 37.1 Å². The molecule has 30 heavy (non-hydrogen) atoms. The molecule has 3 aliphatic heterocycles. The Morgan fingerprint density at radius 2 is 1.73 bits per heavy atom. The topological polar surface area (TPSA) is 59.1 Å². The van der Waals surface area contributed by atoms with Gasteiger partial charge in [0.15, 0.2) is 0 Å². The average Bonchev–Trinajstić information content (AvgIpc) is 3.37. The molecule has 0 aromatic heterocycles. The van der Waals surface area contributed by atoms with Crippen LogP contribution in [0.4, 0.5) is 16.2 Å². The number of rotatable bonds is 3. The van der Waals surface area contributed by atoms with Crippen LogP contribution in [-0.2, 0) is 4.79 Å². The van der Waals surface area contributed by atoms with E-state index in [1.54, 1.807) is 16.7 Å². The van der Waals surface area contributed by atoms with E-state index in [-0.39, 0.29) is 11.9 Å². The molecule has 7 nitrogen and oxygen atoms in total. The third-order valence-corrected chi connectivity index (χ3v) is 7.04. The van der Waals surface area contributed by atoms with Crippen LogP contribution < -0.4 is 10.2 Å². The Bertz CT molecular complexity index is 790. The smallest absolute Gasteiger partial charge is 0.321 e. The second kappa shape index (κ2) is 8.84. The number of nitrogens with zero attached hydrogens (tertiary/aromatic N) is 4. The molecule has 1 aromatic carbocycles. The average molecular weight is 414 g/mol. The summed E-state index contributed by atoms with van der Waals surface area (Å²) in [5.74, 6) is 0.0737. The van der Waals surface area contributed by atoms with E-state index in [1.807, 2.05) is 6.07 Å². The molecule has 3 heterocycles. The zero-order valence-corrected chi connectivity index (χ0v) is 18.6. The largest absolute Gasteiger partial charge is 0.370 e. The van der Waals surface area contributed by atoms with Gasteiger partial charge in [-0.05, 0) is 63.4 Å². The lowest BCUT2D eigenvalue weighted by atomic mass is 10.1. The highest BCUT2D eigenvalue weighted by Crippen LogP contribution is 2.31. The van der Waals surface area contributed by atoms with Gasteiger partial charge in [-0.3, -0.25) is 9.69 Å². The van der Waals surface area contributed by atoms with Crippen LogP contribution in [-0.4, -0.2) is 84.5 Å². The number of benzene rings is 1. The molecule has 0 aliphatic carbocycles. The summed E-state index contributed by atoms with van der Waals surface area (Å²) in [5.41, 5.74) is 3.31. The van der Waals surface area contributed by atoms with E-state index in [4.69, 9.17) is 0 Å². The first-order chi connectivity index (χ1) is 14.4. The van der Waals surface area contributed by atoms with Gasteiger partial charge in [-0.25, -0.2) is 4.79 Å². The molecule has 2 unspecified atom stereocenters. The van der Waals surface area contributed by atoms with Gasteiger partial charge in [-0.1, -0.05) is 0 Å². The van der Waals surface area contributed by atoms with Crippen molar-refractivity contribution in [2.24, 2.45) is 0 Å². The summed E-state index contributed by atoms with van der Waals surface area (Å²) < 4.78 is 0. The third-order valence-electron chi connectivity index (χ3n) is 7.04. The van der Waals surface area contributed by atoms with Gasteiger partial charge in [0.05, 0.1) is 0 Å². The molecule has 1 aromatic rings. The summed E-state index contributed by atoms with van der Waals surface area (Å²) in [6.45, 7) is 11.9. The molecule has 3 fully saturated rings. The Hall–Kier alpha value is -2.28. The van der Waals surface area contributed by atoms with E-state index in [0.717, 1.165) is 18.8 Å². The van der Waals surface area contributed by atoms with E-state index in [0.29, 0.717) is 38.3 Å². The summed E-state index contributed by atoms with van der Waals surface area (Å²) in [5, 5.41) is 3.03. The van der Waals surface area contributed by atoms with Crippen LogP contribution in [0.2, 0.25) is 0 Å². The van der Waals surface area contributed by atoms with E-state index >= 15 is 0 Å².